The van der Waals surface area contributed by atoms with Crippen molar-refractivity contribution in [3.63, 3.8) is 0 Å². The summed E-state index contributed by atoms with van der Waals surface area (Å²) in [4.78, 5) is 16.8. The first-order chi connectivity index (χ1) is 9.74. The number of aromatic nitrogens is 2. The molecule has 1 N–H and O–H groups in total. The van der Waals surface area contributed by atoms with Crippen molar-refractivity contribution in [2.24, 2.45) is 5.92 Å². The van der Waals surface area contributed by atoms with Crippen LogP contribution in [0.15, 0.2) is 34.2 Å². The van der Waals surface area contributed by atoms with Crippen LogP contribution >= 0.6 is 11.3 Å². The van der Waals surface area contributed by atoms with E-state index in [1.807, 2.05) is 29.7 Å². The molecular formula is C14H14N2O3S. The number of aliphatic carboxylic acids is 1. The summed E-state index contributed by atoms with van der Waals surface area (Å²) in [6, 6.07) is 4.00. The molecule has 2 atom stereocenters. The summed E-state index contributed by atoms with van der Waals surface area (Å²) in [5.74, 6) is -0.455. The van der Waals surface area contributed by atoms with Crippen LogP contribution in [0.25, 0.3) is 0 Å². The predicted octanol–water partition coefficient (Wildman–Crippen LogP) is 2.86. The molecule has 0 radical (unpaired) electrons. The number of carboxylic acid groups (broad SMARTS) is 1. The van der Waals surface area contributed by atoms with Gasteiger partial charge in [-0.25, -0.2) is 0 Å². The maximum absolute atomic E-state index is 11.3. The molecule has 0 amide bonds. The molecule has 5 nitrogen and oxygen atoms in total. The first kappa shape index (κ1) is 13.1. The zero-order valence-electron chi connectivity index (χ0n) is 10.7. The lowest BCUT2D eigenvalue weighted by Gasteiger charge is -2.21. The fraction of sp³-hybridized carbons (Fsp3) is 0.357. The second kappa shape index (κ2) is 5.58. The highest BCUT2D eigenvalue weighted by molar-refractivity contribution is 7.09. The lowest BCUT2D eigenvalue weighted by molar-refractivity contribution is -0.142. The highest BCUT2D eigenvalue weighted by Crippen LogP contribution is 2.34. The molecule has 0 unspecified atom stereocenters. The van der Waals surface area contributed by atoms with Gasteiger partial charge in [0, 0.05) is 11.3 Å². The molecule has 0 spiro atoms. The van der Waals surface area contributed by atoms with Crippen LogP contribution < -0.4 is 0 Å². The third-order valence-electron chi connectivity index (χ3n) is 3.46. The van der Waals surface area contributed by atoms with Gasteiger partial charge >= 0.3 is 5.97 Å². The molecule has 2 aromatic rings. The Balaban J connectivity index is 1.78. The Morgan fingerprint density at radius 1 is 1.45 bits per heavy atom. The topological polar surface area (TPSA) is 76.2 Å². The largest absolute Gasteiger partial charge is 0.481 e. The second-order valence-electron chi connectivity index (χ2n) is 4.80. The maximum Gasteiger partial charge on any atom is 0.307 e. The first-order valence-electron chi connectivity index (χ1n) is 6.46. The van der Waals surface area contributed by atoms with Crippen molar-refractivity contribution < 1.29 is 14.4 Å². The van der Waals surface area contributed by atoms with Gasteiger partial charge in [-0.2, -0.15) is 4.98 Å². The SMILES string of the molecule is O=C(O)[C@H]1CC=CC[C@H]1c1nc(Cc2cccs2)no1. The van der Waals surface area contributed by atoms with E-state index in [1.54, 1.807) is 11.3 Å². The van der Waals surface area contributed by atoms with Crippen LogP contribution in [-0.2, 0) is 11.2 Å². The third kappa shape index (κ3) is 2.65. The molecule has 0 aromatic carbocycles. The average molecular weight is 290 g/mol. The number of allylic oxidation sites excluding steroid dienone is 2. The Kier molecular flexibility index (Phi) is 3.64. The van der Waals surface area contributed by atoms with Crippen LogP contribution in [0.5, 0.6) is 0 Å². The van der Waals surface area contributed by atoms with Gasteiger partial charge in [-0.15, -0.1) is 11.3 Å². The smallest absolute Gasteiger partial charge is 0.307 e. The molecule has 0 saturated carbocycles. The monoisotopic (exact) mass is 290 g/mol. The van der Waals surface area contributed by atoms with Crippen molar-refractivity contribution in [2.75, 3.05) is 0 Å². The summed E-state index contributed by atoms with van der Waals surface area (Å²) in [7, 11) is 0. The quantitative estimate of drug-likeness (QED) is 0.876. The minimum Gasteiger partial charge on any atom is -0.481 e. The van der Waals surface area contributed by atoms with Crippen molar-refractivity contribution in [3.8, 4) is 0 Å². The Morgan fingerprint density at radius 3 is 3.05 bits per heavy atom. The lowest BCUT2D eigenvalue weighted by Crippen LogP contribution is -2.23. The summed E-state index contributed by atoms with van der Waals surface area (Å²) >= 11 is 1.64. The van der Waals surface area contributed by atoms with E-state index in [-0.39, 0.29) is 5.92 Å². The van der Waals surface area contributed by atoms with Gasteiger partial charge in [-0.05, 0) is 24.3 Å². The van der Waals surface area contributed by atoms with Gasteiger partial charge in [-0.3, -0.25) is 4.79 Å². The van der Waals surface area contributed by atoms with E-state index >= 15 is 0 Å². The number of hydrogen-bond donors (Lipinski definition) is 1. The maximum atomic E-state index is 11.3. The van der Waals surface area contributed by atoms with E-state index in [0.717, 1.165) is 4.88 Å². The highest BCUT2D eigenvalue weighted by atomic mass is 32.1. The van der Waals surface area contributed by atoms with Crippen LogP contribution in [-0.4, -0.2) is 21.2 Å². The van der Waals surface area contributed by atoms with Crippen LogP contribution in [0.1, 0.15) is 35.4 Å². The van der Waals surface area contributed by atoms with Crippen LogP contribution in [0.2, 0.25) is 0 Å². The molecular weight excluding hydrogens is 276 g/mol. The highest BCUT2D eigenvalue weighted by Gasteiger charge is 2.33. The third-order valence-corrected chi connectivity index (χ3v) is 4.34. The van der Waals surface area contributed by atoms with Crippen molar-refractivity contribution in [1.29, 1.82) is 0 Å². The number of thiophene rings is 1. The molecule has 2 aromatic heterocycles. The van der Waals surface area contributed by atoms with E-state index in [9.17, 15) is 9.90 Å². The van der Waals surface area contributed by atoms with Crippen LogP contribution in [0.3, 0.4) is 0 Å². The van der Waals surface area contributed by atoms with E-state index in [2.05, 4.69) is 10.1 Å². The van der Waals surface area contributed by atoms with Gasteiger partial charge in [0.25, 0.3) is 0 Å². The lowest BCUT2D eigenvalue weighted by atomic mass is 9.83. The molecule has 104 valence electrons. The van der Waals surface area contributed by atoms with Crippen molar-refractivity contribution in [3.05, 3.63) is 46.3 Å². The summed E-state index contributed by atoms with van der Waals surface area (Å²) < 4.78 is 5.28. The average Bonchev–Trinajstić information content (AvgIpc) is 3.11. The van der Waals surface area contributed by atoms with Gasteiger partial charge in [0.2, 0.25) is 5.89 Å². The summed E-state index contributed by atoms with van der Waals surface area (Å²) in [5, 5.41) is 15.2. The summed E-state index contributed by atoms with van der Waals surface area (Å²) in [5.41, 5.74) is 0. The fourth-order valence-corrected chi connectivity index (χ4v) is 3.12. The minimum absolute atomic E-state index is 0.220. The van der Waals surface area contributed by atoms with E-state index < -0.39 is 11.9 Å². The van der Waals surface area contributed by atoms with Crippen LogP contribution in [0.4, 0.5) is 0 Å². The fourth-order valence-electron chi connectivity index (χ4n) is 2.42. The summed E-state index contributed by atoms with van der Waals surface area (Å²) in [6.07, 6.45) is 5.66. The normalized spacial score (nSPS) is 22.0. The zero-order chi connectivity index (χ0) is 13.9. The van der Waals surface area contributed by atoms with Gasteiger partial charge in [0.1, 0.15) is 0 Å². The second-order valence-corrected chi connectivity index (χ2v) is 5.83. The van der Waals surface area contributed by atoms with E-state index in [0.29, 0.717) is 31.0 Å². The Bertz CT molecular complexity index is 618. The molecule has 1 aliphatic rings. The Labute approximate surface area is 119 Å². The minimum atomic E-state index is -0.808. The number of carboxylic acids is 1. The number of hydrogen-bond acceptors (Lipinski definition) is 5. The molecule has 3 rings (SSSR count). The molecule has 20 heavy (non-hydrogen) atoms. The molecule has 6 heteroatoms. The molecule has 1 aliphatic carbocycles. The van der Waals surface area contributed by atoms with E-state index in [1.165, 1.54) is 0 Å². The van der Waals surface area contributed by atoms with Gasteiger partial charge < -0.3 is 9.63 Å². The number of carbonyl (C=O) groups is 1. The Morgan fingerprint density at radius 2 is 2.30 bits per heavy atom. The van der Waals surface area contributed by atoms with Crippen molar-refractivity contribution in [1.82, 2.24) is 10.1 Å². The number of nitrogens with zero attached hydrogens (tertiary/aromatic N) is 2. The first-order valence-corrected chi connectivity index (χ1v) is 7.34. The molecule has 0 fully saturated rings. The standard InChI is InChI=1S/C14H14N2O3S/c17-14(18)11-6-2-1-5-10(11)13-15-12(16-19-13)8-9-4-3-7-20-9/h1-4,7,10-11H,5-6,8H2,(H,17,18)/t10-,11+/m1/s1. The predicted molar refractivity (Wildman–Crippen MR) is 73.7 cm³/mol. The summed E-state index contributed by atoms with van der Waals surface area (Å²) in [6.45, 7) is 0. The molecule has 0 aliphatic heterocycles. The van der Waals surface area contributed by atoms with Gasteiger partial charge in [-0.1, -0.05) is 23.4 Å². The van der Waals surface area contributed by atoms with Crippen molar-refractivity contribution >= 4 is 17.3 Å². The van der Waals surface area contributed by atoms with Gasteiger partial charge in [0.05, 0.1) is 11.8 Å². The molecule has 0 saturated heterocycles. The van der Waals surface area contributed by atoms with Gasteiger partial charge in [0.15, 0.2) is 5.82 Å². The molecule has 2 heterocycles. The zero-order valence-corrected chi connectivity index (χ0v) is 11.5. The number of rotatable bonds is 4. The Hall–Kier alpha value is -1.95. The van der Waals surface area contributed by atoms with Crippen LogP contribution in [0, 0.1) is 5.92 Å². The molecule has 0 bridgehead atoms. The van der Waals surface area contributed by atoms with Crippen molar-refractivity contribution in [2.45, 2.75) is 25.2 Å². The van der Waals surface area contributed by atoms with E-state index in [4.69, 9.17) is 4.52 Å².